The summed E-state index contributed by atoms with van der Waals surface area (Å²) in [5.74, 6) is 0.907. The Morgan fingerprint density at radius 2 is 1.95 bits per heavy atom. The molecule has 1 aromatic carbocycles. The van der Waals surface area contributed by atoms with Crippen LogP contribution in [0.3, 0.4) is 0 Å². The fourth-order valence-corrected chi connectivity index (χ4v) is 2.90. The molecule has 1 heterocycles. The van der Waals surface area contributed by atoms with E-state index >= 15 is 0 Å². The average molecular weight is 284 g/mol. The summed E-state index contributed by atoms with van der Waals surface area (Å²) < 4.78 is 0. The number of carbonyl (C=O) groups excluding carboxylic acids is 1. The normalized spacial score (nSPS) is 18.9. The summed E-state index contributed by atoms with van der Waals surface area (Å²) in [4.78, 5) is 15.0. The highest BCUT2D eigenvalue weighted by Crippen LogP contribution is 2.36. The molecule has 1 aromatic rings. The third-order valence-electron chi connectivity index (χ3n) is 4.78. The molecule has 1 saturated heterocycles. The molecule has 3 heteroatoms. The SMILES string of the molecule is CC(C(=O)N(Cc1ccccc1)C(C)C1CC1)=C1CNC1. The minimum Gasteiger partial charge on any atom is -0.332 e. The molecule has 1 unspecified atom stereocenters. The molecule has 21 heavy (non-hydrogen) atoms. The van der Waals surface area contributed by atoms with Crippen LogP contribution in [0.5, 0.6) is 0 Å². The van der Waals surface area contributed by atoms with Crippen molar-refractivity contribution in [2.24, 2.45) is 5.92 Å². The maximum Gasteiger partial charge on any atom is 0.250 e. The van der Waals surface area contributed by atoms with Crippen LogP contribution in [0.15, 0.2) is 41.5 Å². The first-order valence-corrected chi connectivity index (χ1v) is 7.91. The van der Waals surface area contributed by atoms with E-state index in [0.29, 0.717) is 12.0 Å². The number of nitrogens with zero attached hydrogens (tertiary/aromatic N) is 1. The molecule has 112 valence electrons. The zero-order chi connectivity index (χ0) is 14.8. The van der Waals surface area contributed by atoms with Crippen LogP contribution in [0.25, 0.3) is 0 Å². The highest BCUT2D eigenvalue weighted by atomic mass is 16.2. The van der Waals surface area contributed by atoms with Crippen molar-refractivity contribution < 1.29 is 4.79 Å². The second-order valence-corrected chi connectivity index (χ2v) is 6.33. The highest BCUT2D eigenvalue weighted by Gasteiger charge is 2.35. The average Bonchev–Trinajstić information content (AvgIpc) is 3.27. The van der Waals surface area contributed by atoms with Gasteiger partial charge in [-0.3, -0.25) is 4.79 Å². The molecule has 1 atom stereocenters. The van der Waals surface area contributed by atoms with Crippen molar-refractivity contribution in [2.75, 3.05) is 13.1 Å². The quantitative estimate of drug-likeness (QED) is 0.843. The van der Waals surface area contributed by atoms with Gasteiger partial charge in [-0.2, -0.15) is 0 Å². The first-order chi connectivity index (χ1) is 10.2. The van der Waals surface area contributed by atoms with Crippen molar-refractivity contribution in [1.29, 1.82) is 0 Å². The molecule has 3 rings (SSSR count). The van der Waals surface area contributed by atoms with Crippen molar-refractivity contribution in [3.63, 3.8) is 0 Å². The van der Waals surface area contributed by atoms with E-state index in [0.717, 1.165) is 25.2 Å². The van der Waals surface area contributed by atoms with Crippen LogP contribution in [0.2, 0.25) is 0 Å². The molecule has 0 radical (unpaired) electrons. The zero-order valence-electron chi connectivity index (χ0n) is 12.9. The Bertz CT molecular complexity index is 540. The minimum atomic E-state index is 0.217. The van der Waals surface area contributed by atoms with E-state index in [4.69, 9.17) is 0 Å². The molecule has 3 nitrogen and oxygen atoms in total. The summed E-state index contributed by atoms with van der Waals surface area (Å²) in [6.07, 6.45) is 2.52. The molecule has 1 aliphatic carbocycles. The van der Waals surface area contributed by atoms with Crippen LogP contribution in [-0.4, -0.2) is 29.9 Å². The zero-order valence-corrected chi connectivity index (χ0v) is 12.9. The topological polar surface area (TPSA) is 32.3 Å². The van der Waals surface area contributed by atoms with E-state index < -0.39 is 0 Å². The van der Waals surface area contributed by atoms with Crippen LogP contribution in [-0.2, 0) is 11.3 Å². The lowest BCUT2D eigenvalue weighted by Crippen LogP contribution is -2.43. The Labute approximate surface area is 127 Å². The lowest BCUT2D eigenvalue weighted by molar-refractivity contribution is -0.130. The van der Waals surface area contributed by atoms with E-state index in [9.17, 15) is 4.79 Å². The number of nitrogens with one attached hydrogen (secondary N) is 1. The predicted molar refractivity (Wildman–Crippen MR) is 84.7 cm³/mol. The monoisotopic (exact) mass is 284 g/mol. The number of rotatable bonds is 5. The second kappa shape index (κ2) is 6.02. The summed E-state index contributed by atoms with van der Waals surface area (Å²) in [5.41, 5.74) is 3.42. The lowest BCUT2D eigenvalue weighted by Gasteiger charge is -2.32. The fraction of sp³-hybridized carbons (Fsp3) is 0.500. The van der Waals surface area contributed by atoms with Gasteiger partial charge in [0.05, 0.1) is 0 Å². The van der Waals surface area contributed by atoms with Gasteiger partial charge in [0.25, 0.3) is 0 Å². The summed E-state index contributed by atoms with van der Waals surface area (Å²) in [6.45, 7) is 6.64. The van der Waals surface area contributed by atoms with E-state index in [1.54, 1.807) is 0 Å². The van der Waals surface area contributed by atoms with E-state index in [1.165, 1.54) is 24.0 Å². The first kappa shape index (κ1) is 14.3. The molecule has 0 spiro atoms. The Morgan fingerprint density at radius 1 is 1.29 bits per heavy atom. The predicted octanol–water partition coefficient (Wildman–Crippen LogP) is 2.73. The fourth-order valence-electron chi connectivity index (χ4n) is 2.90. The molecule has 1 N–H and O–H groups in total. The summed E-state index contributed by atoms with van der Waals surface area (Å²) in [6, 6.07) is 10.6. The van der Waals surface area contributed by atoms with Crippen molar-refractivity contribution in [1.82, 2.24) is 10.2 Å². The van der Waals surface area contributed by atoms with Crippen LogP contribution in [0.4, 0.5) is 0 Å². The Balaban J connectivity index is 1.80. The lowest BCUT2D eigenvalue weighted by atomic mass is 10.0. The number of amides is 1. The van der Waals surface area contributed by atoms with Crippen molar-refractivity contribution >= 4 is 5.91 Å². The molecular weight excluding hydrogens is 260 g/mol. The largest absolute Gasteiger partial charge is 0.332 e. The van der Waals surface area contributed by atoms with E-state index in [2.05, 4.69) is 29.3 Å². The Hall–Kier alpha value is -1.61. The second-order valence-electron chi connectivity index (χ2n) is 6.33. The van der Waals surface area contributed by atoms with Crippen LogP contribution in [0.1, 0.15) is 32.3 Å². The Kier molecular flexibility index (Phi) is 4.11. The number of carbonyl (C=O) groups is 1. The highest BCUT2D eigenvalue weighted by molar-refractivity contribution is 5.94. The molecule has 0 bridgehead atoms. The summed E-state index contributed by atoms with van der Waals surface area (Å²) >= 11 is 0. The Morgan fingerprint density at radius 3 is 2.48 bits per heavy atom. The van der Waals surface area contributed by atoms with Crippen LogP contribution >= 0.6 is 0 Å². The van der Waals surface area contributed by atoms with Gasteiger partial charge in [-0.25, -0.2) is 0 Å². The van der Waals surface area contributed by atoms with Gasteiger partial charge in [0.1, 0.15) is 0 Å². The van der Waals surface area contributed by atoms with Crippen molar-refractivity contribution in [3.8, 4) is 0 Å². The maximum atomic E-state index is 12.9. The molecular formula is C18H24N2O. The minimum absolute atomic E-state index is 0.217. The molecule has 1 aliphatic heterocycles. The van der Waals surface area contributed by atoms with E-state index in [1.807, 2.05) is 25.1 Å². The molecule has 0 aromatic heterocycles. The maximum absolute atomic E-state index is 12.9. The standard InChI is InChI=1S/C18H24N2O/c1-13(17-10-19-11-17)18(21)20(14(2)16-8-9-16)12-15-6-4-3-5-7-15/h3-7,14,16,19H,8-12H2,1-2H3. The van der Waals surface area contributed by atoms with Crippen LogP contribution in [0, 0.1) is 5.92 Å². The number of hydrogen-bond donors (Lipinski definition) is 1. The first-order valence-electron chi connectivity index (χ1n) is 7.91. The van der Waals surface area contributed by atoms with Gasteiger partial charge in [-0.1, -0.05) is 30.3 Å². The van der Waals surface area contributed by atoms with Crippen molar-refractivity contribution in [2.45, 2.75) is 39.3 Å². The molecule has 1 amide bonds. The van der Waals surface area contributed by atoms with Crippen LogP contribution < -0.4 is 5.32 Å². The summed E-state index contributed by atoms with van der Waals surface area (Å²) in [5, 5.41) is 3.22. The van der Waals surface area contributed by atoms with Gasteiger partial charge in [-0.15, -0.1) is 0 Å². The van der Waals surface area contributed by atoms with Gasteiger partial charge in [0, 0.05) is 31.2 Å². The van der Waals surface area contributed by atoms with Gasteiger partial charge in [-0.05, 0) is 43.7 Å². The van der Waals surface area contributed by atoms with E-state index in [-0.39, 0.29) is 5.91 Å². The van der Waals surface area contributed by atoms with Gasteiger partial charge < -0.3 is 10.2 Å². The molecule has 2 aliphatic rings. The third kappa shape index (κ3) is 3.18. The third-order valence-corrected chi connectivity index (χ3v) is 4.78. The number of benzene rings is 1. The van der Waals surface area contributed by atoms with Gasteiger partial charge in [0.2, 0.25) is 5.91 Å². The van der Waals surface area contributed by atoms with Crippen molar-refractivity contribution in [3.05, 3.63) is 47.0 Å². The summed E-state index contributed by atoms with van der Waals surface area (Å²) in [7, 11) is 0. The van der Waals surface area contributed by atoms with Gasteiger partial charge in [0.15, 0.2) is 0 Å². The molecule has 1 saturated carbocycles. The smallest absolute Gasteiger partial charge is 0.250 e. The number of hydrogen-bond acceptors (Lipinski definition) is 2. The molecule has 2 fully saturated rings. The van der Waals surface area contributed by atoms with Gasteiger partial charge >= 0.3 is 0 Å².